The van der Waals surface area contributed by atoms with Gasteiger partial charge in [0.15, 0.2) is 0 Å². The zero-order valence-electron chi connectivity index (χ0n) is 14.4. The molecule has 0 aromatic heterocycles. The fourth-order valence-electron chi connectivity index (χ4n) is 3.14. The van der Waals surface area contributed by atoms with Crippen LogP contribution in [0.25, 0.3) is 0 Å². The molecule has 3 rings (SSSR count). The Labute approximate surface area is 153 Å². The summed E-state index contributed by atoms with van der Waals surface area (Å²) < 4.78 is 0. The van der Waals surface area contributed by atoms with E-state index >= 15 is 0 Å². The van der Waals surface area contributed by atoms with Gasteiger partial charge < -0.3 is 21.1 Å². The van der Waals surface area contributed by atoms with Gasteiger partial charge in [0.05, 0.1) is 12.2 Å². The van der Waals surface area contributed by atoms with Gasteiger partial charge in [0.1, 0.15) is 5.75 Å². The van der Waals surface area contributed by atoms with E-state index in [0.717, 1.165) is 11.1 Å². The molecule has 3 aromatic rings. The minimum atomic E-state index is -0.767. The Bertz CT molecular complexity index is 778. The molecule has 0 spiro atoms. The molecule has 0 aliphatic carbocycles. The molecule has 26 heavy (non-hydrogen) atoms. The first-order chi connectivity index (χ1) is 12.6. The molecule has 3 aromatic carbocycles. The van der Waals surface area contributed by atoms with E-state index in [1.165, 1.54) is 6.07 Å². The van der Waals surface area contributed by atoms with Crippen molar-refractivity contribution >= 4 is 5.69 Å². The summed E-state index contributed by atoms with van der Waals surface area (Å²) in [6.07, 6.45) is -1.02. The number of aliphatic hydroxyl groups is 2. The van der Waals surface area contributed by atoms with E-state index in [2.05, 4.69) is 0 Å². The Morgan fingerprint density at radius 2 is 1.12 bits per heavy atom. The Balaban J connectivity index is 1.89. The summed E-state index contributed by atoms with van der Waals surface area (Å²) in [5.74, 6) is 0.0736. The van der Waals surface area contributed by atoms with Crippen molar-refractivity contribution in [3.63, 3.8) is 0 Å². The van der Waals surface area contributed by atoms with Crippen LogP contribution in [0.4, 0.5) is 5.69 Å². The second kappa shape index (κ2) is 8.04. The second-order valence-corrected chi connectivity index (χ2v) is 6.39. The van der Waals surface area contributed by atoms with E-state index < -0.39 is 12.2 Å². The Kier molecular flexibility index (Phi) is 5.56. The lowest BCUT2D eigenvalue weighted by Crippen LogP contribution is -2.10. The van der Waals surface area contributed by atoms with Crippen molar-refractivity contribution in [2.75, 3.05) is 5.73 Å². The summed E-state index contributed by atoms with van der Waals surface area (Å²) in [6.45, 7) is 0. The maximum absolute atomic E-state index is 10.6. The lowest BCUT2D eigenvalue weighted by molar-refractivity contribution is 0.171. The van der Waals surface area contributed by atoms with Gasteiger partial charge in [0.2, 0.25) is 0 Å². The zero-order valence-corrected chi connectivity index (χ0v) is 14.4. The van der Waals surface area contributed by atoms with Crippen molar-refractivity contribution in [3.8, 4) is 5.75 Å². The molecule has 2 atom stereocenters. The van der Waals surface area contributed by atoms with Crippen LogP contribution in [0.1, 0.15) is 34.5 Å². The molecule has 2 unspecified atom stereocenters. The summed E-state index contributed by atoms with van der Waals surface area (Å²) in [4.78, 5) is 0. The van der Waals surface area contributed by atoms with E-state index in [1.807, 2.05) is 60.7 Å². The van der Waals surface area contributed by atoms with Gasteiger partial charge in [-0.05, 0) is 28.8 Å². The molecule has 134 valence electrons. The molecule has 0 radical (unpaired) electrons. The van der Waals surface area contributed by atoms with Gasteiger partial charge in [0, 0.05) is 24.1 Å². The maximum atomic E-state index is 10.6. The lowest BCUT2D eigenvalue weighted by atomic mass is 9.91. The average Bonchev–Trinajstić information content (AvgIpc) is 2.68. The summed E-state index contributed by atoms with van der Waals surface area (Å²) in [6, 6.07) is 21.8. The quantitative estimate of drug-likeness (QED) is 0.405. The number of phenolic OH excluding ortho intramolecular Hbond substituents is 1. The van der Waals surface area contributed by atoms with Crippen LogP contribution in [0.5, 0.6) is 5.75 Å². The highest BCUT2D eigenvalue weighted by molar-refractivity contribution is 5.57. The first kappa shape index (κ1) is 18.0. The molecule has 0 fully saturated rings. The van der Waals surface area contributed by atoms with Gasteiger partial charge in [0.25, 0.3) is 0 Å². The lowest BCUT2D eigenvalue weighted by Gasteiger charge is -2.20. The predicted octanol–water partition coefficient (Wildman–Crippen LogP) is 3.53. The first-order valence-electron chi connectivity index (χ1n) is 8.61. The number of hydrogen-bond acceptors (Lipinski definition) is 4. The van der Waals surface area contributed by atoms with E-state index in [4.69, 9.17) is 5.73 Å². The van der Waals surface area contributed by atoms with Crippen LogP contribution < -0.4 is 5.73 Å². The fraction of sp³-hybridized carbons (Fsp3) is 0.182. The van der Waals surface area contributed by atoms with Crippen LogP contribution in [-0.2, 0) is 12.8 Å². The molecular weight excluding hydrogens is 326 g/mol. The normalized spacial score (nSPS) is 13.3. The Morgan fingerprint density at radius 3 is 1.62 bits per heavy atom. The highest BCUT2D eigenvalue weighted by Gasteiger charge is 2.19. The number of anilines is 1. The van der Waals surface area contributed by atoms with Crippen LogP contribution in [0.15, 0.2) is 72.8 Å². The van der Waals surface area contributed by atoms with E-state index in [0.29, 0.717) is 16.8 Å². The number of benzene rings is 3. The molecule has 5 N–H and O–H groups in total. The first-order valence-corrected chi connectivity index (χ1v) is 8.61. The van der Waals surface area contributed by atoms with Crippen LogP contribution in [-0.4, -0.2) is 15.3 Å². The van der Waals surface area contributed by atoms with Crippen LogP contribution in [0, 0.1) is 0 Å². The Morgan fingerprint density at radius 1 is 0.654 bits per heavy atom. The van der Waals surface area contributed by atoms with Crippen LogP contribution in [0.2, 0.25) is 0 Å². The number of hydrogen-bond donors (Lipinski definition) is 4. The van der Waals surface area contributed by atoms with Gasteiger partial charge in [-0.3, -0.25) is 0 Å². The number of rotatable bonds is 6. The van der Waals surface area contributed by atoms with Gasteiger partial charge >= 0.3 is 0 Å². The number of nitrogens with two attached hydrogens (primary N) is 1. The standard InChI is InChI=1S/C22H23NO3/c23-19-11-12-20(24)18(14-22(26)16-9-5-2-6-10-16)17(19)13-21(25)15-7-3-1-4-8-15/h1-12,21-22,24-26H,13-14,23H2. The van der Waals surface area contributed by atoms with E-state index in [-0.39, 0.29) is 18.6 Å². The number of aromatic hydroxyl groups is 1. The molecular formula is C22H23NO3. The van der Waals surface area contributed by atoms with Crippen molar-refractivity contribution in [2.24, 2.45) is 0 Å². The van der Waals surface area contributed by atoms with Crippen LogP contribution in [0.3, 0.4) is 0 Å². The predicted molar refractivity (Wildman–Crippen MR) is 103 cm³/mol. The van der Waals surface area contributed by atoms with Crippen molar-refractivity contribution in [1.82, 2.24) is 0 Å². The summed E-state index contributed by atoms with van der Waals surface area (Å²) >= 11 is 0. The minimum absolute atomic E-state index is 0.0736. The third kappa shape index (κ3) is 4.04. The third-order valence-electron chi connectivity index (χ3n) is 4.61. The number of aliphatic hydroxyl groups excluding tert-OH is 2. The number of phenols is 1. The maximum Gasteiger partial charge on any atom is 0.119 e. The monoisotopic (exact) mass is 349 g/mol. The largest absolute Gasteiger partial charge is 0.508 e. The van der Waals surface area contributed by atoms with Gasteiger partial charge in [-0.2, -0.15) is 0 Å². The molecule has 0 aliphatic rings. The molecule has 4 heteroatoms. The van der Waals surface area contributed by atoms with E-state index in [9.17, 15) is 15.3 Å². The summed E-state index contributed by atoms with van der Waals surface area (Å²) in [5, 5.41) is 31.5. The van der Waals surface area contributed by atoms with Gasteiger partial charge in [-0.1, -0.05) is 60.7 Å². The van der Waals surface area contributed by atoms with Gasteiger partial charge in [-0.15, -0.1) is 0 Å². The molecule has 0 aliphatic heterocycles. The molecule has 0 amide bonds. The minimum Gasteiger partial charge on any atom is -0.508 e. The summed E-state index contributed by atoms with van der Waals surface area (Å²) in [7, 11) is 0. The zero-order chi connectivity index (χ0) is 18.5. The topological polar surface area (TPSA) is 86.7 Å². The smallest absolute Gasteiger partial charge is 0.119 e. The fourth-order valence-corrected chi connectivity index (χ4v) is 3.14. The van der Waals surface area contributed by atoms with Crippen molar-refractivity contribution in [3.05, 3.63) is 95.1 Å². The molecule has 0 saturated heterocycles. The van der Waals surface area contributed by atoms with Crippen molar-refractivity contribution in [1.29, 1.82) is 0 Å². The molecule has 0 saturated carbocycles. The average molecular weight is 349 g/mol. The Hall–Kier alpha value is -2.82. The van der Waals surface area contributed by atoms with Crippen molar-refractivity contribution in [2.45, 2.75) is 25.0 Å². The third-order valence-corrected chi connectivity index (χ3v) is 4.61. The summed E-state index contributed by atoms with van der Waals surface area (Å²) in [5.41, 5.74) is 9.40. The highest BCUT2D eigenvalue weighted by Crippen LogP contribution is 2.33. The second-order valence-electron chi connectivity index (χ2n) is 6.39. The van der Waals surface area contributed by atoms with Crippen LogP contribution >= 0.6 is 0 Å². The van der Waals surface area contributed by atoms with E-state index in [1.54, 1.807) is 6.07 Å². The molecule has 0 heterocycles. The van der Waals surface area contributed by atoms with Gasteiger partial charge in [-0.25, -0.2) is 0 Å². The number of nitrogen functional groups attached to an aromatic ring is 1. The molecule has 4 nitrogen and oxygen atoms in total. The van der Waals surface area contributed by atoms with Crippen molar-refractivity contribution < 1.29 is 15.3 Å². The highest BCUT2D eigenvalue weighted by atomic mass is 16.3. The SMILES string of the molecule is Nc1ccc(O)c(CC(O)c2ccccc2)c1CC(O)c1ccccc1. The molecule has 0 bridgehead atoms.